The number of aryl methyl sites for hydroxylation is 1. The Morgan fingerprint density at radius 1 is 1.06 bits per heavy atom. The number of methoxy groups -OCH3 is 1. The van der Waals surface area contributed by atoms with Crippen LogP contribution in [0.1, 0.15) is 21.7 Å². The second kappa shape index (κ2) is 8.95. The van der Waals surface area contributed by atoms with Gasteiger partial charge in [0, 0.05) is 5.56 Å². The lowest BCUT2D eigenvalue weighted by molar-refractivity contribution is -0.137. The highest BCUT2D eigenvalue weighted by Crippen LogP contribution is 2.32. The van der Waals surface area contributed by atoms with Crippen molar-refractivity contribution in [1.82, 2.24) is 5.32 Å². The van der Waals surface area contributed by atoms with Gasteiger partial charge in [-0.05, 0) is 48.9 Å². The number of amides is 2. The zero-order valence-corrected chi connectivity index (χ0v) is 16.7. The van der Waals surface area contributed by atoms with Crippen LogP contribution in [0.5, 0.6) is 5.75 Å². The van der Waals surface area contributed by atoms with Crippen LogP contribution in [0.3, 0.4) is 0 Å². The second-order valence-corrected chi connectivity index (χ2v) is 6.68. The van der Waals surface area contributed by atoms with Crippen LogP contribution in [-0.4, -0.2) is 25.5 Å². The van der Waals surface area contributed by atoms with Crippen LogP contribution in [0.25, 0.3) is 11.3 Å². The van der Waals surface area contributed by atoms with Crippen molar-refractivity contribution in [3.05, 3.63) is 71.5 Å². The van der Waals surface area contributed by atoms with Crippen LogP contribution >= 0.6 is 0 Å². The van der Waals surface area contributed by atoms with E-state index in [2.05, 4.69) is 10.6 Å². The molecule has 0 atom stereocenters. The highest BCUT2D eigenvalue weighted by Gasteiger charge is 2.30. The zero-order chi connectivity index (χ0) is 22.6. The average molecular weight is 432 g/mol. The van der Waals surface area contributed by atoms with Crippen molar-refractivity contribution >= 4 is 17.5 Å². The number of hydrogen-bond acceptors (Lipinski definition) is 4. The van der Waals surface area contributed by atoms with E-state index in [9.17, 15) is 22.8 Å². The molecule has 2 aromatic carbocycles. The molecule has 0 aliphatic carbocycles. The molecular formula is C22H19F3N2O4. The lowest BCUT2D eigenvalue weighted by Crippen LogP contribution is -2.32. The Morgan fingerprint density at radius 2 is 1.84 bits per heavy atom. The van der Waals surface area contributed by atoms with Gasteiger partial charge in [-0.2, -0.15) is 13.2 Å². The third kappa shape index (κ3) is 5.44. The number of alkyl halides is 3. The van der Waals surface area contributed by atoms with Crippen LogP contribution in [-0.2, 0) is 11.0 Å². The molecule has 0 aliphatic heterocycles. The van der Waals surface area contributed by atoms with E-state index >= 15 is 0 Å². The molecule has 162 valence electrons. The Kier molecular flexibility index (Phi) is 6.33. The minimum Gasteiger partial charge on any atom is -0.495 e. The Bertz CT molecular complexity index is 1110. The minimum atomic E-state index is -4.49. The van der Waals surface area contributed by atoms with E-state index in [4.69, 9.17) is 9.15 Å². The summed E-state index contributed by atoms with van der Waals surface area (Å²) in [4.78, 5) is 24.4. The molecule has 0 unspecified atom stereocenters. The number of carbonyl (C=O) groups is 2. The lowest BCUT2D eigenvalue weighted by Gasteiger charge is -2.11. The van der Waals surface area contributed by atoms with Crippen LogP contribution in [0.2, 0.25) is 0 Å². The number of benzene rings is 2. The standard InChI is InChI=1S/C22H19F3N2O4/c1-13-6-7-18(30-2)16(10-13)27-20(28)12-26-21(29)19-9-8-17(31-19)14-4-3-5-15(11-14)22(23,24)25/h3-11H,12H2,1-2H3,(H,26,29)(H,27,28). The Hall–Kier alpha value is -3.75. The summed E-state index contributed by atoms with van der Waals surface area (Å²) in [6.07, 6.45) is -4.49. The first-order valence-electron chi connectivity index (χ1n) is 9.17. The van der Waals surface area contributed by atoms with Gasteiger partial charge >= 0.3 is 6.18 Å². The molecular weight excluding hydrogens is 413 g/mol. The van der Waals surface area contributed by atoms with Crippen molar-refractivity contribution in [3.63, 3.8) is 0 Å². The summed E-state index contributed by atoms with van der Waals surface area (Å²) in [5.74, 6) is -0.716. The second-order valence-electron chi connectivity index (χ2n) is 6.68. The molecule has 0 spiro atoms. The number of ether oxygens (including phenoxy) is 1. The molecule has 0 saturated carbocycles. The fourth-order valence-electron chi connectivity index (χ4n) is 2.83. The van der Waals surface area contributed by atoms with Crippen molar-refractivity contribution in [2.24, 2.45) is 0 Å². The summed E-state index contributed by atoms with van der Waals surface area (Å²) >= 11 is 0. The predicted octanol–water partition coefficient (Wildman–Crippen LogP) is 4.65. The average Bonchev–Trinajstić information content (AvgIpc) is 3.22. The topological polar surface area (TPSA) is 80.6 Å². The molecule has 0 aliphatic rings. The molecule has 31 heavy (non-hydrogen) atoms. The molecule has 9 heteroatoms. The first kappa shape index (κ1) is 21.9. The number of rotatable bonds is 6. The summed E-state index contributed by atoms with van der Waals surface area (Å²) in [7, 11) is 1.47. The predicted molar refractivity (Wildman–Crippen MR) is 108 cm³/mol. The van der Waals surface area contributed by atoms with E-state index < -0.39 is 23.6 Å². The van der Waals surface area contributed by atoms with Gasteiger partial charge in [-0.15, -0.1) is 0 Å². The smallest absolute Gasteiger partial charge is 0.416 e. The molecule has 0 radical (unpaired) electrons. The van der Waals surface area contributed by atoms with Crippen LogP contribution < -0.4 is 15.4 Å². The van der Waals surface area contributed by atoms with Crippen molar-refractivity contribution in [2.45, 2.75) is 13.1 Å². The van der Waals surface area contributed by atoms with Crippen molar-refractivity contribution in [2.75, 3.05) is 19.0 Å². The van der Waals surface area contributed by atoms with Gasteiger partial charge in [0.25, 0.3) is 5.91 Å². The minimum absolute atomic E-state index is 0.102. The highest BCUT2D eigenvalue weighted by atomic mass is 19.4. The van der Waals surface area contributed by atoms with Crippen LogP contribution in [0, 0.1) is 6.92 Å². The fraction of sp³-hybridized carbons (Fsp3) is 0.182. The summed E-state index contributed by atoms with van der Waals surface area (Å²) in [6, 6.07) is 12.6. The number of anilines is 1. The van der Waals surface area contributed by atoms with E-state index in [1.54, 1.807) is 12.1 Å². The Morgan fingerprint density at radius 3 is 2.55 bits per heavy atom. The molecule has 2 N–H and O–H groups in total. The third-order valence-electron chi connectivity index (χ3n) is 4.34. The summed E-state index contributed by atoms with van der Waals surface area (Å²) in [6.45, 7) is 1.52. The molecule has 2 amide bonds. The van der Waals surface area contributed by atoms with Gasteiger partial charge in [-0.25, -0.2) is 0 Å². The number of furan rings is 1. The Labute approximate surface area is 176 Å². The molecule has 1 aromatic heterocycles. The molecule has 3 rings (SSSR count). The number of nitrogens with one attached hydrogen (secondary N) is 2. The maximum atomic E-state index is 12.9. The number of carbonyl (C=O) groups excluding carboxylic acids is 2. The molecule has 0 bridgehead atoms. The monoisotopic (exact) mass is 432 g/mol. The maximum absolute atomic E-state index is 12.9. The highest BCUT2D eigenvalue weighted by molar-refractivity contribution is 5.99. The maximum Gasteiger partial charge on any atom is 0.416 e. The van der Waals surface area contributed by atoms with Crippen molar-refractivity contribution in [3.8, 4) is 17.1 Å². The SMILES string of the molecule is COc1ccc(C)cc1NC(=O)CNC(=O)c1ccc(-c2cccc(C(F)(F)F)c2)o1. The van der Waals surface area contributed by atoms with E-state index in [1.165, 1.54) is 31.4 Å². The van der Waals surface area contributed by atoms with Gasteiger partial charge in [-0.1, -0.05) is 18.2 Å². The third-order valence-corrected chi connectivity index (χ3v) is 4.34. The van der Waals surface area contributed by atoms with E-state index in [-0.39, 0.29) is 23.6 Å². The van der Waals surface area contributed by atoms with Gasteiger partial charge in [0.2, 0.25) is 5.91 Å². The summed E-state index contributed by atoms with van der Waals surface area (Å²) in [5, 5.41) is 5.05. The number of hydrogen-bond donors (Lipinski definition) is 2. The zero-order valence-electron chi connectivity index (χ0n) is 16.7. The lowest BCUT2D eigenvalue weighted by atomic mass is 10.1. The largest absolute Gasteiger partial charge is 0.495 e. The molecule has 3 aromatic rings. The van der Waals surface area contributed by atoms with Gasteiger partial charge in [-0.3, -0.25) is 9.59 Å². The molecule has 0 fully saturated rings. The molecule has 1 heterocycles. The van der Waals surface area contributed by atoms with Gasteiger partial charge < -0.3 is 19.8 Å². The first-order chi connectivity index (χ1) is 14.7. The Balaban J connectivity index is 1.63. The normalized spacial score (nSPS) is 11.1. The van der Waals surface area contributed by atoms with E-state index in [0.29, 0.717) is 11.4 Å². The summed E-state index contributed by atoms with van der Waals surface area (Å²) in [5.41, 5.74) is 0.734. The van der Waals surface area contributed by atoms with Crippen LogP contribution in [0.4, 0.5) is 18.9 Å². The summed E-state index contributed by atoms with van der Waals surface area (Å²) < 4.78 is 49.2. The first-order valence-corrected chi connectivity index (χ1v) is 9.17. The molecule has 6 nitrogen and oxygen atoms in total. The van der Waals surface area contributed by atoms with Crippen LogP contribution in [0.15, 0.2) is 59.0 Å². The van der Waals surface area contributed by atoms with E-state index in [1.807, 2.05) is 13.0 Å². The van der Waals surface area contributed by atoms with Gasteiger partial charge in [0.1, 0.15) is 11.5 Å². The molecule has 0 saturated heterocycles. The fourth-order valence-corrected chi connectivity index (χ4v) is 2.83. The van der Waals surface area contributed by atoms with Gasteiger partial charge in [0.05, 0.1) is 24.9 Å². The van der Waals surface area contributed by atoms with Crippen molar-refractivity contribution in [1.29, 1.82) is 0 Å². The number of halogens is 3. The van der Waals surface area contributed by atoms with Crippen molar-refractivity contribution < 1.29 is 31.9 Å². The van der Waals surface area contributed by atoms with Gasteiger partial charge in [0.15, 0.2) is 5.76 Å². The van der Waals surface area contributed by atoms with E-state index in [0.717, 1.165) is 17.7 Å². The quantitative estimate of drug-likeness (QED) is 0.594.